The van der Waals surface area contributed by atoms with Crippen LogP contribution in [-0.4, -0.2) is 9.97 Å². The Hall–Kier alpha value is -2.14. The first kappa shape index (κ1) is 13.5. The first-order chi connectivity index (χ1) is 10.7. The van der Waals surface area contributed by atoms with Gasteiger partial charge in [0.15, 0.2) is 0 Å². The van der Waals surface area contributed by atoms with Gasteiger partial charge in [-0.05, 0) is 55.0 Å². The predicted octanol–water partition coefficient (Wildman–Crippen LogP) is 4.14. The molecule has 3 N–H and O–H groups in total. The number of nitrogens with zero attached hydrogens (tertiary/aromatic N) is 2. The van der Waals surface area contributed by atoms with E-state index < -0.39 is 0 Å². The molecule has 1 atom stereocenters. The van der Waals surface area contributed by atoms with Gasteiger partial charge in [-0.1, -0.05) is 6.92 Å². The Morgan fingerprint density at radius 1 is 1.23 bits per heavy atom. The number of nitrogen functional groups attached to an aromatic ring is 1. The molecule has 0 radical (unpaired) electrons. The average Bonchev–Trinajstić information content (AvgIpc) is 2.88. The number of aromatic nitrogens is 2. The van der Waals surface area contributed by atoms with Crippen LogP contribution >= 0.6 is 11.3 Å². The summed E-state index contributed by atoms with van der Waals surface area (Å²) < 4.78 is 0. The summed E-state index contributed by atoms with van der Waals surface area (Å²) in [5.41, 5.74) is 8.95. The molecule has 0 spiro atoms. The molecular weight excluding hydrogens is 292 g/mol. The lowest BCUT2D eigenvalue weighted by Crippen LogP contribution is -2.09. The lowest BCUT2D eigenvalue weighted by atomic mass is 9.89. The fraction of sp³-hybridized carbons (Fsp3) is 0.294. The maximum atomic E-state index is 5.75. The van der Waals surface area contributed by atoms with Gasteiger partial charge in [-0.3, -0.25) is 0 Å². The lowest BCUT2D eigenvalue weighted by molar-refractivity contribution is 0.509. The Labute approximate surface area is 133 Å². The summed E-state index contributed by atoms with van der Waals surface area (Å²) in [6.07, 6.45) is 5.18. The number of benzene rings is 1. The van der Waals surface area contributed by atoms with Gasteiger partial charge in [0, 0.05) is 16.3 Å². The maximum absolute atomic E-state index is 5.75. The molecule has 1 aliphatic carbocycles. The van der Waals surface area contributed by atoms with Crippen molar-refractivity contribution in [1.82, 2.24) is 9.97 Å². The van der Waals surface area contributed by atoms with Crippen LogP contribution in [0.15, 0.2) is 30.6 Å². The van der Waals surface area contributed by atoms with Crippen LogP contribution in [0.25, 0.3) is 10.2 Å². The summed E-state index contributed by atoms with van der Waals surface area (Å²) in [7, 11) is 0. The van der Waals surface area contributed by atoms with Gasteiger partial charge in [0.1, 0.15) is 17.0 Å². The minimum atomic E-state index is 0.764. The highest BCUT2D eigenvalue weighted by Gasteiger charge is 2.23. The molecule has 4 nitrogen and oxygen atoms in total. The average molecular weight is 310 g/mol. The maximum Gasteiger partial charge on any atom is 0.142 e. The number of nitrogens with one attached hydrogen (secondary N) is 1. The molecule has 2 heterocycles. The highest BCUT2D eigenvalue weighted by atomic mass is 32.1. The lowest BCUT2D eigenvalue weighted by Gasteiger charge is -2.18. The zero-order valence-corrected chi connectivity index (χ0v) is 13.3. The first-order valence-corrected chi connectivity index (χ1v) is 8.40. The van der Waals surface area contributed by atoms with E-state index in [4.69, 9.17) is 5.73 Å². The summed E-state index contributed by atoms with van der Waals surface area (Å²) in [5, 5.41) is 4.62. The van der Waals surface area contributed by atoms with Crippen LogP contribution in [0, 0.1) is 5.92 Å². The van der Waals surface area contributed by atoms with Gasteiger partial charge < -0.3 is 11.1 Å². The van der Waals surface area contributed by atoms with E-state index >= 15 is 0 Å². The number of fused-ring (bicyclic) bond motifs is 3. The quantitative estimate of drug-likeness (QED) is 0.698. The zero-order valence-electron chi connectivity index (χ0n) is 12.5. The second kappa shape index (κ2) is 5.25. The molecule has 4 rings (SSSR count). The number of anilines is 3. The Balaban J connectivity index is 1.79. The van der Waals surface area contributed by atoms with Crippen molar-refractivity contribution in [2.24, 2.45) is 5.92 Å². The second-order valence-electron chi connectivity index (χ2n) is 6.00. The minimum Gasteiger partial charge on any atom is -0.399 e. The molecule has 0 bridgehead atoms. The monoisotopic (exact) mass is 310 g/mol. The van der Waals surface area contributed by atoms with E-state index in [1.54, 1.807) is 6.33 Å². The van der Waals surface area contributed by atoms with Crippen molar-refractivity contribution in [3.8, 4) is 0 Å². The topological polar surface area (TPSA) is 63.8 Å². The summed E-state index contributed by atoms with van der Waals surface area (Å²) >= 11 is 1.82. The van der Waals surface area contributed by atoms with Crippen LogP contribution in [-0.2, 0) is 12.8 Å². The molecule has 112 valence electrons. The Kier molecular flexibility index (Phi) is 3.22. The van der Waals surface area contributed by atoms with Crippen LogP contribution in [0.2, 0.25) is 0 Å². The molecule has 0 amide bonds. The van der Waals surface area contributed by atoms with E-state index in [1.165, 1.54) is 22.2 Å². The smallest absolute Gasteiger partial charge is 0.142 e. The van der Waals surface area contributed by atoms with Crippen molar-refractivity contribution in [3.05, 3.63) is 41.0 Å². The summed E-state index contributed by atoms with van der Waals surface area (Å²) in [6, 6.07) is 7.74. The third-order valence-electron chi connectivity index (χ3n) is 4.27. The molecular formula is C17H18N4S. The minimum absolute atomic E-state index is 0.764. The fourth-order valence-corrected chi connectivity index (χ4v) is 4.42. The molecule has 0 fully saturated rings. The van der Waals surface area contributed by atoms with Crippen molar-refractivity contribution < 1.29 is 0 Å². The van der Waals surface area contributed by atoms with E-state index in [9.17, 15) is 0 Å². The van der Waals surface area contributed by atoms with Crippen molar-refractivity contribution in [3.63, 3.8) is 0 Å². The fourth-order valence-electron chi connectivity index (χ4n) is 3.07. The van der Waals surface area contributed by atoms with Crippen LogP contribution in [0.1, 0.15) is 23.8 Å². The largest absolute Gasteiger partial charge is 0.399 e. The third kappa shape index (κ3) is 2.31. The van der Waals surface area contributed by atoms with E-state index in [-0.39, 0.29) is 0 Å². The van der Waals surface area contributed by atoms with Crippen LogP contribution in [0.4, 0.5) is 17.2 Å². The Bertz CT molecular complexity index is 823. The van der Waals surface area contributed by atoms with E-state index in [1.807, 2.05) is 35.6 Å². The van der Waals surface area contributed by atoms with Gasteiger partial charge in [-0.25, -0.2) is 9.97 Å². The Morgan fingerprint density at radius 3 is 2.86 bits per heavy atom. The van der Waals surface area contributed by atoms with Crippen LogP contribution < -0.4 is 11.1 Å². The Morgan fingerprint density at radius 2 is 2.05 bits per heavy atom. The van der Waals surface area contributed by atoms with Crippen molar-refractivity contribution in [2.45, 2.75) is 26.2 Å². The normalized spacial score (nSPS) is 17.4. The SMILES string of the molecule is CC1CCc2c(sc3ncnc(Nc4ccc(N)cc4)c23)C1. The molecule has 3 aromatic rings. The van der Waals surface area contributed by atoms with Crippen molar-refractivity contribution in [2.75, 3.05) is 11.1 Å². The van der Waals surface area contributed by atoms with Crippen LogP contribution in [0.3, 0.4) is 0 Å². The molecule has 0 saturated carbocycles. The molecule has 5 heteroatoms. The highest BCUT2D eigenvalue weighted by Crippen LogP contribution is 2.40. The third-order valence-corrected chi connectivity index (χ3v) is 5.43. The van der Waals surface area contributed by atoms with E-state index in [2.05, 4.69) is 22.2 Å². The number of aryl methyl sites for hydroxylation is 1. The first-order valence-electron chi connectivity index (χ1n) is 7.58. The number of hydrogen-bond donors (Lipinski definition) is 2. The van der Waals surface area contributed by atoms with Gasteiger partial charge >= 0.3 is 0 Å². The molecule has 0 aliphatic heterocycles. The van der Waals surface area contributed by atoms with Gasteiger partial charge in [0.2, 0.25) is 0 Å². The van der Waals surface area contributed by atoms with Crippen molar-refractivity contribution in [1.29, 1.82) is 0 Å². The van der Waals surface area contributed by atoms with Gasteiger partial charge in [-0.2, -0.15) is 0 Å². The molecule has 1 unspecified atom stereocenters. The number of hydrogen-bond acceptors (Lipinski definition) is 5. The summed E-state index contributed by atoms with van der Waals surface area (Å²) in [6.45, 7) is 2.33. The summed E-state index contributed by atoms with van der Waals surface area (Å²) in [5.74, 6) is 1.67. The molecule has 2 aromatic heterocycles. The number of nitrogens with two attached hydrogens (primary N) is 1. The number of thiophene rings is 1. The summed E-state index contributed by atoms with van der Waals surface area (Å²) in [4.78, 5) is 11.5. The molecule has 22 heavy (non-hydrogen) atoms. The molecule has 1 aliphatic rings. The molecule has 1 aromatic carbocycles. The van der Waals surface area contributed by atoms with Gasteiger partial charge in [0.05, 0.1) is 5.39 Å². The number of rotatable bonds is 2. The predicted molar refractivity (Wildman–Crippen MR) is 92.7 cm³/mol. The van der Waals surface area contributed by atoms with Gasteiger partial charge in [0.25, 0.3) is 0 Å². The zero-order chi connectivity index (χ0) is 15.1. The van der Waals surface area contributed by atoms with Gasteiger partial charge in [-0.15, -0.1) is 11.3 Å². The van der Waals surface area contributed by atoms with Crippen LogP contribution in [0.5, 0.6) is 0 Å². The second-order valence-corrected chi connectivity index (χ2v) is 7.08. The van der Waals surface area contributed by atoms with Crippen molar-refractivity contribution >= 4 is 38.7 Å². The van der Waals surface area contributed by atoms with E-state index in [0.29, 0.717) is 0 Å². The highest BCUT2D eigenvalue weighted by molar-refractivity contribution is 7.19. The standard InChI is InChI=1S/C17H18N4S/c1-10-2-7-13-14(8-10)22-17-15(13)16(19-9-20-17)21-12-5-3-11(18)4-6-12/h3-6,9-10H,2,7-8,18H2,1H3,(H,19,20,21). The molecule has 0 saturated heterocycles. The van der Waals surface area contributed by atoms with E-state index in [0.717, 1.165) is 40.8 Å².